The molecule has 0 spiro atoms. The van der Waals surface area contributed by atoms with E-state index in [-0.39, 0.29) is 24.0 Å². The number of carbonyl (C=O) groups is 2. The summed E-state index contributed by atoms with van der Waals surface area (Å²) in [4.78, 5) is 22.8. The first kappa shape index (κ1) is 23.3. The molecule has 0 unspecified atom stereocenters. The Balaban J connectivity index is 1.97. The Labute approximate surface area is 173 Å². The van der Waals surface area contributed by atoms with Crippen LogP contribution in [0.15, 0.2) is 36.4 Å². The van der Waals surface area contributed by atoms with Crippen LogP contribution in [0.3, 0.4) is 0 Å². The van der Waals surface area contributed by atoms with Crippen LogP contribution in [0, 0.1) is 5.92 Å². The van der Waals surface area contributed by atoms with Crippen LogP contribution in [0.4, 0.5) is 0 Å². The van der Waals surface area contributed by atoms with Crippen LogP contribution in [-0.2, 0) is 4.79 Å². The summed E-state index contributed by atoms with van der Waals surface area (Å²) in [5, 5.41) is 29.6. The molecule has 29 heavy (non-hydrogen) atoms. The molecule has 2 rings (SSSR count). The SMILES string of the molecule is CCCCCC(=O)c1ccc([C@@H]2[C@@H](C/C=C\CCCC(=O)O)[C@H](O)C[C@H]2O)cc1. The van der Waals surface area contributed by atoms with Gasteiger partial charge < -0.3 is 15.3 Å². The van der Waals surface area contributed by atoms with Crippen LogP contribution in [0.5, 0.6) is 0 Å². The van der Waals surface area contributed by atoms with Gasteiger partial charge in [0.25, 0.3) is 0 Å². The second kappa shape index (κ2) is 11.9. The van der Waals surface area contributed by atoms with Gasteiger partial charge in [0.05, 0.1) is 12.2 Å². The van der Waals surface area contributed by atoms with Crippen molar-refractivity contribution in [3.05, 3.63) is 47.5 Å². The zero-order valence-electron chi connectivity index (χ0n) is 17.3. The average Bonchev–Trinajstić information content (AvgIpc) is 2.97. The lowest BCUT2D eigenvalue weighted by atomic mass is 9.84. The van der Waals surface area contributed by atoms with Gasteiger partial charge in [0, 0.05) is 30.7 Å². The minimum absolute atomic E-state index is 0.0909. The average molecular weight is 403 g/mol. The molecule has 0 radical (unpaired) electrons. The Bertz CT molecular complexity index is 679. The van der Waals surface area contributed by atoms with E-state index in [0.717, 1.165) is 24.8 Å². The van der Waals surface area contributed by atoms with E-state index in [1.54, 1.807) is 0 Å². The van der Waals surface area contributed by atoms with Crippen LogP contribution in [0.1, 0.15) is 86.6 Å². The van der Waals surface area contributed by atoms with E-state index in [0.29, 0.717) is 37.7 Å². The number of carboxylic acid groups (broad SMARTS) is 1. The summed E-state index contributed by atoms with van der Waals surface area (Å²) in [6.07, 6.45) is 8.78. The predicted octanol–water partition coefficient (Wildman–Crippen LogP) is 4.48. The molecule has 0 saturated heterocycles. The number of carboxylic acids is 1. The Kier molecular flexibility index (Phi) is 9.55. The van der Waals surface area contributed by atoms with Gasteiger partial charge >= 0.3 is 5.97 Å². The van der Waals surface area contributed by atoms with Crippen molar-refractivity contribution in [1.82, 2.24) is 0 Å². The topological polar surface area (TPSA) is 94.8 Å². The standard InChI is InChI=1S/C24H34O5/c1-2-3-6-10-20(25)17-12-14-18(15-13-17)24-19(21(26)16-22(24)27)9-7-4-5-8-11-23(28)29/h4,7,12-15,19,21-22,24,26-27H,2-3,5-6,8-11,16H2,1H3,(H,28,29)/b7-4-/t19-,21+,22+,24+/m0/s1. The predicted molar refractivity (Wildman–Crippen MR) is 113 cm³/mol. The second-order valence-electron chi connectivity index (χ2n) is 8.06. The van der Waals surface area contributed by atoms with Crippen LogP contribution in [0.2, 0.25) is 0 Å². The van der Waals surface area contributed by atoms with Crippen LogP contribution >= 0.6 is 0 Å². The third-order valence-corrected chi connectivity index (χ3v) is 5.81. The Morgan fingerprint density at radius 2 is 1.72 bits per heavy atom. The number of aliphatic hydroxyl groups is 2. The van der Waals surface area contributed by atoms with Gasteiger partial charge in [-0.25, -0.2) is 0 Å². The zero-order valence-corrected chi connectivity index (χ0v) is 17.3. The maximum absolute atomic E-state index is 12.3. The highest BCUT2D eigenvalue weighted by Crippen LogP contribution is 2.42. The van der Waals surface area contributed by atoms with Crippen LogP contribution in [-0.4, -0.2) is 39.3 Å². The summed E-state index contributed by atoms with van der Waals surface area (Å²) in [5.41, 5.74) is 1.65. The normalized spacial score (nSPS) is 24.2. The third kappa shape index (κ3) is 7.09. The molecule has 0 amide bonds. The molecular formula is C24H34O5. The molecule has 1 aliphatic carbocycles. The summed E-state index contributed by atoms with van der Waals surface area (Å²) >= 11 is 0. The van der Waals surface area contributed by atoms with Gasteiger partial charge in [0.2, 0.25) is 0 Å². The Hall–Kier alpha value is -1.98. The van der Waals surface area contributed by atoms with Crippen molar-refractivity contribution in [2.24, 2.45) is 5.92 Å². The van der Waals surface area contributed by atoms with E-state index in [4.69, 9.17) is 5.11 Å². The van der Waals surface area contributed by atoms with E-state index in [1.165, 1.54) is 0 Å². The molecule has 1 aromatic carbocycles. The maximum Gasteiger partial charge on any atom is 0.303 e. The van der Waals surface area contributed by atoms with Crippen LogP contribution in [0.25, 0.3) is 0 Å². The van der Waals surface area contributed by atoms with Crippen LogP contribution < -0.4 is 0 Å². The first-order valence-electron chi connectivity index (χ1n) is 10.8. The molecule has 0 bridgehead atoms. The fourth-order valence-electron chi connectivity index (χ4n) is 4.18. The first-order valence-corrected chi connectivity index (χ1v) is 10.8. The second-order valence-corrected chi connectivity index (χ2v) is 8.06. The molecule has 3 N–H and O–H groups in total. The van der Waals surface area contributed by atoms with Crippen molar-refractivity contribution < 1.29 is 24.9 Å². The molecule has 0 heterocycles. The summed E-state index contributed by atoms with van der Waals surface area (Å²) in [6, 6.07) is 7.48. The number of aliphatic carboxylic acids is 1. The largest absolute Gasteiger partial charge is 0.481 e. The summed E-state index contributed by atoms with van der Waals surface area (Å²) in [7, 11) is 0. The number of ketones is 1. The van der Waals surface area contributed by atoms with Gasteiger partial charge in [0.1, 0.15) is 0 Å². The van der Waals surface area contributed by atoms with E-state index in [1.807, 2.05) is 36.4 Å². The quantitative estimate of drug-likeness (QED) is 0.272. The van der Waals surface area contributed by atoms with Gasteiger partial charge in [0.15, 0.2) is 5.78 Å². The van der Waals surface area contributed by atoms with Crippen molar-refractivity contribution in [1.29, 1.82) is 0 Å². The lowest BCUT2D eigenvalue weighted by Gasteiger charge is -2.23. The molecule has 0 aromatic heterocycles. The van der Waals surface area contributed by atoms with Gasteiger partial charge in [-0.15, -0.1) is 0 Å². The minimum atomic E-state index is -0.792. The molecule has 0 aliphatic heterocycles. The van der Waals surface area contributed by atoms with Crippen molar-refractivity contribution >= 4 is 11.8 Å². The van der Waals surface area contributed by atoms with Gasteiger partial charge in [-0.2, -0.15) is 0 Å². The number of hydrogen-bond acceptors (Lipinski definition) is 4. The fourth-order valence-corrected chi connectivity index (χ4v) is 4.18. The minimum Gasteiger partial charge on any atom is -0.481 e. The number of aliphatic hydroxyl groups excluding tert-OH is 2. The van der Waals surface area contributed by atoms with E-state index in [2.05, 4.69) is 6.92 Å². The first-order chi connectivity index (χ1) is 13.9. The number of benzene rings is 1. The summed E-state index contributed by atoms with van der Waals surface area (Å²) < 4.78 is 0. The Morgan fingerprint density at radius 3 is 2.38 bits per heavy atom. The number of hydrogen-bond donors (Lipinski definition) is 3. The van der Waals surface area contributed by atoms with Crippen molar-refractivity contribution in [2.45, 2.75) is 82.8 Å². The number of carbonyl (C=O) groups excluding carboxylic acids is 1. The molecule has 1 fully saturated rings. The highest BCUT2D eigenvalue weighted by molar-refractivity contribution is 5.96. The molecular weight excluding hydrogens is 368 g/mol. The van der Waals surface area contributed by atoms with Gasteiger partial charge in [-0.3, -0.25) is 9.59 Å². The van der Waals surface area contributed by atoms with Crippen molar-refractivity contribution in [3.8, 4) is 0 Å². The lowest BCUT2D eigenvalue weighted by molar-refractivity contribution is -0.137. The van der Waals surface area contributed by atoms with Gasteiger partial charge in [-0.1, -0.05) is 56.2 Å². The molecule has 1 aliphatic rings. The number of Topliss-reactive ketones (excluding diaryl/α,β-unsaturated/α-hetero) is 1. The number of rotatable bonds is 12. The monoisotopic (exact) mass is 402 g/mol. The van der Waals surface area contributed by atoms with Crippen molar-refractivity contribution in [3.63, 3.8) is 0 Å². The molecule has 5 heteroatoms. The van der Waals surface area contributed by atoms with E-state index < -0.39 is 18.2 Å². The smallest absolute Gasteiger partial charge is 0.303 e. The number of allylic oxidation sites excluding steroid dienone is 2. The van der Waals surface area contributed by atoms with Crippen molar-refractivity contribution in [2.75, 3.05) is 0 Å². The lowest BCUT2D eigenvalue weighted by Crippen LogP contribution is -2.20. The molecule has 1 saturated carbocycles. The Morgan fingerprint density at radius 1 is 1.00 bits per heavy atom. The summed E-state index contributed by atoms with van der Waals surface area (Å²) in [5.74, 6) is -0.900. The van der Waals surface area contributed by atoms with E-state index in [9.17, 15) is 19.8 Å². The molecule has 5 nitrogen and oxygen atoms in total. The molecule has 160 valence electrons. The van der Waals surface area contributed by atoms with Gasteiger partial charge in [-0.05, 0) is 37.2 Å². The van der Waals surface area contributed by atoms with E-state index >= 15 is 0 Å². The zero-order chi connectivity index (χ0) is 21.2. The highest BCUT2D eigenvalue weighted by Gasteiger charge is 2.41. The highest BCUT2D eigenvalue weighted by atomic mass is 16.4. The number of unbranched alkanes of at least 4 members (excludes halogenated alkanes) is 3. The molecule has 4 atom stereocenters. The molecule has 1 aromatic rings. The summed E-state index contributed by atoms with van der Waals surface area (Å²) in [6.45, 7) is 2.11. The fraction of sp³-hybridized carbons (Fsp3) is 0.583. The third-order valence-electron chi connectivity index (χ3n) is 5.81. The maximum atomic E-state index is 12.3.